The fourth-order valence-corrected chi connectivity index (χ4v) is 1.98. The van der Waals surface area contributed by atoms with Crippen molar-refractivity contribution in [3.8, 4) is 11.3 Å². The molecule has 0 radical (unpaired) electrons. The molecule has 0 aliphatic heterocycles. The molecule has 2 aromatic heterocycles. The molecule has 2 heterocycles. The lowest BCUT2D eigenvalue weighted by Gasteiger charge is -1.98. The van der Waals surface area contributed by atoms with Crippen molar-refractivity contribution < 1.29 is 14.4 Å². The summed E-state index contributed by atoms with van der Waals surface area (Å²) in [7, 11) is 1.93. The molecule has 0 saturated heterocycles. The highest BCUT2D eigenvalue weighted by molar-refractivity contribution is 5.87. The molecule has 0 saturated carbocycles. The largest absolute Gasteiger partial charge is 0.475 e. The van der Waals surface area contributed by atoms with Crippen molar-refractivity contribution in [2.24, 2.45) is 7.05 Å². The van der Waals surface area contributed by atoms with Crippen molar-refractivity contribution in [3.63, 3.8) is 0 Å². The maximum atomic E-state index is 10.8. The number of carboxylic acid groups (broad SMARTS) is 1. The maximum Gasteiger partial charge on any atom is 0.374 e. The fourth-order valence-electron chi connectivity index (χ4n) is 1.98. The van der Waals surface area contributed by atoms with Crippen LogP contribution in [0.15, 0.2) is 28.8 Å². The quantitative estimate of drug-likeness (QED) is 0.761. The van der Waals surface area contributed by atoms with Crippen LogP contribution in [0.1, 0.15) is 16.4 Å². The van der Waals surface area contributed by atoms with E-state index in [1.165, 1.54) is 6.07 Å². The van der Waals surface area contributed by atoms with Gasteiger partial charge in [-0.1, -0.05) is 11.2 Å². The summed E-state index contributed by atoms with van der Waals surface area (Å²) in [5.41, 5.74) is 3.16. The smallest absolute Gasteiger partial charge is 0.374 e. The Morgan fingerprint density at radius 2 is 2.16 bits per heavy atom. The minimum Gasteiger partial charge on any atom is -0.475 e. The summed E-state index contributed by atoms with van der Waals surface area (Å²) in [4.78, 5) is 15.2. The lowest BCUT2D eigenvalue weighted by Crippen LogP contribution is -1.91. The summed E-state index contributed by atoms with van der Waals surface area (Å²) in [5.74, 6) is -0.383. The SMILES string of the molecule is Cc1nc2ccc(-c3cc(C(=O)O)on3)cc2n1C. The topological polar surface area (TPSA) is 81.2 Å². The van der Waals surface area contributed by atoms with Crippen molar-refractivity contribution in [2.45, 2.75) is 6.92 Å². The second-order valence-electron chi connectivity index (χ2n) is 4.30. The van der Waals surface area contributed by atoms with Gasteiger partial charge in [0.15, 0.2) is 0 Å². The Bertz CT molecular complexity index is 786. The van der Waals surface area contributed by atoms with Crippen molar-refractivity contribution in [2.75, 3.05) is 0 Å². The number of rotatable bonds is 2. The van der Waals surface area contributed by atoms with E-state index in [4.69, 9.17) is 9.63 Å². The normalized spacial score (nSPS) is 11.1. The van der Waals surface area contributed by atoms with Gasteiger partial charge in [0.2, 0.25) is 5.76 Å². The highest BCUT2D eigenvalue weighted by atomic mass is 16.5. The van der Waals surface area contributed by atoms with Crippen LogP contribution in [-0.4, -0.2) is 25.8 Å². The van der Waals surface area contributed by atoms with Crippen LogP contribution in [-0.2, 0) is 7.05 Å². The average Bonchev–Trinajstić information content (AvgIpc) is 2.96. The molecule has 0 aliphatic carbocycles. The third-order valence-electron chi connectivity index (χ3n) is 3.12. The first-order valence-electron chi connectivity index (χ1n) is 5.70. The van der Waals surface area contributed by atoms with E-state index in [1.54, 1.807) is 0 Å². The molecular weight excluding hydrogens is 246 g/mol. The summed E-state index contributed by atoms with van der Waals surface area (Å²) in [6.07, 6.45) is 0. The Morgan fingerprint density at radius 3 is 2.84 bits per heavy atom. The van der Waals surface area contributed by atoms with Gasteiger partial charge < -0.3 is 14.2 Å². The molecule has 6 nitrogen and oxygen atoms in total. The molecular formula is C13H11N3O3. The number of aromatic nitrogens is 3. The second-order valence-corrected chi connectivity index (χ2v) is 4.30. The van der Waals surface area contributed by atoms with Crippen molar-refractivity contribution >= 4 is 17.0 Å². The van der Waals surface area contributed by atoms with Crippen LogP contribution in [0, 0.1) is 6.92 Å². The van der Waals surface area contributed by atoms with E-state index in [0.717, 1.165) is 22.4 Å². The van der Waals surface area contributed by atoms with Gasteiger partial charge in [-0.15, -0.1) is 0 Å². The number of hydrogen-bond donors (Lipinski definition) is 1. The van der Waals surface area contributed by atoms with Crippen LogP contribution >= 0.6 is 0 Å². The summed E-state index contributed by atoms with van der Waals surface area (Å²) in [6, 6.07) is 7.05. The third kappa shape index (κ3) is 1.77. The van der Waals surface area contributed by atoms with E-state index in [0.29, 0.717) is 5.69 Å². The number of aromatic carboxylic acids is 1. The molecule has 0 spiro atoms. The number of benzene rings is 1. The Labute approximate surface area is 108 Å². The van der Waals surface area contributed by atoms with Gasteiger partial charge in [-0.25, -0.2) is 9.78 Å². The van der Waals surface area contributed by atoms with E-state index in [1.807, 2.05) is 36.7 Å². The van der Waals surface area contributed by atoms with Crippen LogP contribution in [0.2, 0.25) is 0 Å². The van der Waals surface area contributed by atoms with Gasteiger partial charge in [0.1, 0.15) is 11.5 Å². The first-order valence-corrected chi connectivity index (χ1v) is 5.70. The molecule has 3 aromatic rings. The fraction of sp³-hybridized carbons (Fsp3) is 0.154. The van der Waals surface area contributed by atoms with Gasteiger partial charge in [-0.3, -0.25) is 0 Å². The van der Waals surface area contributed by atoms with Gasteiger partial charge in [0, 0.05) is 18.7 Å². The summed E-state index contributed by atoms with van der Waals surface area (Å²) in [5, 5.41) is 12.6. The number of nitrogens with zero attached hydrogens (tertiary/aromatic N) is 3. The van der Waals surface area contributed by atoms with Crippen LogP contribution in [0.3, 0.4) is 0 Å². The summed E-state index contributed by atoms with van der Waals surface area (Å²) >= 11 is 0. The maximum absolute atomic E-state index is 10.8. The molecule has 0 fully saturated rings. The Morgan fingerprint density at radius 1 is 1.37 bits per heavy atom. The average molecular weight is 257 g/mol. The highest BCUT2D eigenvalue weighted by Gasteiger charge is 2.13. The lowest BCUT2D eigenvalue weighted by atomic mass is 10.1. The molecule has 0 aliphatic rings. The summed E-state index contributed by atoms with van der Waals surface area (Å²) in [6.45, 7) is 1.93. The van der Waals surface area contributed by atoms with Crippen LogP contribution < -0.4 is 0 Å². The lowest BCUT2D eigenvalue weighted by molar-refractivity contribution is 0.0652. The number of carbonyl (C=O) groups is 1. The predicted octanol–water partition coefficient (Wildman–Crippen LogP) is 2.23. The number of carboxylic acids is 1. The second kappa shape index (κ2) is 3.94. The Hall–Kier alpha value is -2.63. The first-order chi connectivity index (χ1) is 9.06. The van der Waals surface area contributed by atoms with Gasteiger partial charge in [0.25, 0.3) is 0 Å². The van der Waals surface area contributed by atoms with Crippen LogP contribution in [0.5, 0.6) is 0 Å². The molecule has 0 bridgehead atoms. The zero-order valence-corrected chi connectivity index (χ0v) is 10.4. The Balaban J connectivity index is 2.14. The van der Waals surface area contributed by atoms with Gasteiger partial charge in [-0.2, -0.15) is 0 Å². The minimum absolute atomic E-state index is 0.170. The minimum atomic E-state index is -1.13. The van der Waals surface area contributed by atoms with E-state index < -0.39 is 5.97 Å². The van der Waals surface area contributed by atoms with E-state index in [9.17, 15) is 4.79 Å². The zero-order chi connectivity index (χ0) is 13.6. The van der Waals surface area contributed by atoms with E-state index in [-0.39, 0.29) is 5.76 Å². The first kappa shape index (κ1) is 11.5. The van der Waals surface area contributed by atoms with E-state index in [2.05, 4.69) is 10.1 Å². The standard InChI is InChI=1S/C13H11N3O3/c1-7-14-9-4-3-8(5-11(9)16(7)2)10-6-12(13(17)18)19-15-10/h3-6H,1-2H3,(H,17,18). The molecule has 0 atom stereocenters. The molecule has 1 N–H and O–H groups in total. The molecule has 3 rings (SSSR count). The molecule has 96 valence electrons. The van der Waals surface area contributed by atoms with Crippen molar-refractivity contribution in [3.05, 3.63) is 35.9 Å². The van der Waals surface area contributed by atoms with Gasteiger partial charge >= 0.3 is 5.97 Å². The molecule has 6 heteroatoms. The van der Waals surface area contributed by atoms with Crippen LogP contribution in [0.25, 0.3) is 22.3 Å². The highest BCUT2D eigenvalue weighted by Crippen LogP contribution is 2.24. The van der Waals surface area contributed by atoms with Crippen LogP contribution in [0.4, 0.5) is 0 Å². The monoisotopic (exact) mass is 257 g/mol. The molecule has 0 unspecified atom stereocenters. The number of fused-ring (bicyclic) bond motifs is 1. The summed E-state index contributed by atoms with van der Waals surface area (Å²) < 4.78 is 6.73. The number of hydrogen-bond acceptors (Lipinski definition) is 4. The molecule has 19 heavy (non-hydrogen) atoms. The van der Waals surface area contributed by atoms with Crippen molar-refractivity contribution in [1.29, 1.82) is 0 Å². The van der Waals surface area contributed by atoms with Gasteiger partial charge in [-0.05, 0) is 19.1 Å². The predicted molar refractivity (Wildman–Crippen MR) is 67.9 cm³/mol. The van der Waals surface area contributed by atoms with Crippen molar-refractivity contribution in [1.82, 2.24) is 14.7 Å². The number of imidazole rings is 1. The number of aryl methyl sites for hydroxylation is 2. The Kier molecular flexibility index (Phi) is 2.38. The molecule has 1 aromatic carbocycles. The molecule has 0 amide bonds. The van der Waals surface area contributed by atoms with E-state index >= 15 is 0 Å². The zero-order valence-electron chi connectivity index (χ0n) is 10.4. The third-order valence-corrected chi connectivity index (χ3v) is 3.12. The van der Waals surface area contributed by atoms with Gasteiger partial charge in [0.05, 0.1) is 11.0 Å².